The second-order valence-electron chi connectivity index (χ2n) is 7.23. The summed E-state index contributed by atoms with van der Waals surface area (Å²) in [6.45, 7) is 2.67. The first-order valence-electron chi connectivity index (χ1n) is 9.21. The molecule has 0 unspecified atom stereocenters. The minimum Gasteiger partial charge on any atom is -0.395 e. The van der Waals surface area contributed by atoms with Crippen LogP contribution in [0.25, 0.3) is 5.65 Å². The number of hydrogen-bond donors (Lipinski definition) is 2. The Labute approximate surface area is 157 Å². The van der Waals surface area contributed by atoms with Gasteiger partial charge in [-0.1, -0.05) is 18.2 Å². The molecule has 1 saturated heterocycles. The number of hydrogen-bond acceptors (Lipinski definition) is 5. The Hall–Kier alpha value is -2.51. The van der Waals surface area contributed by atoms with Crippen molar-refractivity contribution in [3.8, 4) is 0 Å². The molecule has 0 saturated carbocycles. The van der Waals surface area contributed by atoms with Crippen molar-refractivity contribution in [3.63, 3.8) is 0 Å². The molecule has 3 heterocycles. The lowest BCUT2D eigenvalue weighted by molar-refractivity contribution is 0.152. The van der Waals surface area contributed by atoms with Crippen molar-refractivity contribution in [2.75, 3.05) is 25.5 Å². The Balaban J connectivity index is 1.61. The molecule has 7 heteroatoms. The number of fused-ring (bicyclic) bond motifs is 1. The van der Waals surface area contributed by atoms with Gasteiger partial charge in [-0.25, -0.2) is 9.37 Å². The van der Waals surface area contributed by atoms with E-state index in [1.807, 2.05) is 38.2 Å². The molecule has 2 N–H and O–H groups in total. The van der Waals surface area contributed by atoms with E-state index < -0.39 is 0 Å². The number of rotatable bonds is 5. The van der Waals surface area contributed by atoms with Crippen LogP contribution in [0.4, 0.5) is 10.2 Å². The van der Waals surface area contributed by atoms with Crippen molar-refractivity contribution in [2.24, 2.45) is 5.92 Å². The van der Waals surface area contributed by atoms with Crippen molar-refractivity contribution >= 4 is 11.5 Å². The quantitative estimate of drug-likeness (QED) is 0.724. The molecule has 6 nitrogen and oxygen atoms in total. The van der Waals surface area contributed by atoms with Crippen LogP contribution in [-0.2, 0) is 0 Å². The number of aliphatic hydroxyl groups excluding tert-OH is 1. The van der Waals surface area contributed by atoms with Crippen molar-refractivity contribution in [2.45, 2.75) is 25.4 Å². The molecule has 142 valence electrons. The van der Waals surface area contributed by atoms with Gasteiger partial charge in [-0.3, -0.25) is 4.90 Å². The van der Waals surface area contributed by atoms with Gasteiger partial charge >= 0.3 is 0 Å². The topological polar surface area (TPSA) is 65.7 Å². The minimum absolute atomic E-state index is 0.0188. The summed E-state index contributed by atoms with van der Waals surface area (Å²) >= 11 is 0. The summed E-state index contributed by atoms with van der Waals surface area (Å²) in [6, 6.07) is 10.7. The van der Waals surface area contributed by atoms with Gasteiger partial charge in [0.05, 0.1) is 12.8 Å². The van der Waals surface area contributed by atoms with E-state index in [1.54, 1.807) is 16.8 Å². The molecular weight excluding hydrogens is 345 g/mol. The smallest absolute Gasteiger partial charge is 0.157 e. The average Bonchev–Trinajstić information content (AvgIpc) is 3.24. The molecule has 0 spiro atoms. The number of aromatic nitrogens is 3. The number of likely N-dealkylation sites (tertiary alicyclic amines) is 1. The summed E-state index contributed by atoms with van der Waals surface area (Å²) < 4.78 is 16.2. The summed E-state index contributed by atoms with van der Waals surface area (Å²) in [7, 11) is 1.96. The summed E-state index contributed by atoms with van der Waals surface area (Å²) in [5.74, 6) is 0.820. The SMILES string of the molecule is Cc1cc(NC[C@H]2C[C@@H](CO)N(C)[C@H]2c2ccccc2F)n2nccc2n1. The minimum atomic E-state index is -0.202. The highest BCUT2D eigenvalue weighted by molar-refractivity contribution is 5.49. The summed E-state index contributed by atoms with van der Waals surface area (Å²) in [4.78, 5) is 6.55. The van der Waals surface area contributed by atoms with Crippen LogP contribution in [-0.4, -0.2) is 50.8 Å². The van der Waals surface area contributed by atoms with Crippen molar-refractivity contribution < 1.29 is 9.50 Å². The van der Waals surface area contributed by atoms with Gasteiger partial charge in [-0.2, -0.15) is 9.61 Å². The fourth-order valence-corrected chi connectivity index (χ4v) is 4.19. The van der Waals surface area contributed by atoms with E-state index in [1.165, 1.54) is 6.07 Å². The van der Waals surface area contributed by atoms with Gasteiger partial charge in [0.25, 0.3) is 0 Å². The zero-order valence-electron chi connectivity index (χ0n) is 15.5. The average molecular weight is 369 g/mol. The highest BCUT2D eigenvalue weighted by Gasteiger charge is 2.40. The molecule has 2 aromatic heterocycles. The number of aliphatic hydroxyl groups is 1. The molecule has 0 aliphatic carbocycles. The zero-order valence-corrected chi connectivity index (χ0v) is 15.5. The molecule has 0 amide bonds. The molecule has 1 aromatic carbocycles. The van der Waals surface area contributed by atoms with Crippen LogP contribution in [0.1, 0.15) is 23.7 Å². The van der Waals surface area contributed by atoms with E-state index in [0.717, 1.165) is 23.6 Å². The van der Waals surface area contributed by atoms with Crippen molar-refractivity contribution in [3.05, 3.63) is 59.7 Å². The number of likely N-dealkylation sites (N-methyl/N-ethyl adjacent to an activating group) is 1. The van der Waals surface area contributed by atoms with Gasteiger partial charge in [-0.05, 0) is 32.4 Å². The molecule has 3 atom stereocenters. The number of aryl methyl sites for hydroxylation is 1. The van der Waals surface area contributed by atoms with Gasteiger partial charge < -0.3 is 10.4 Å². The van der Waals surface area contributed by atoms with Crippen LogP contribution < -0.4 is 5.32 Å². The van der Waals surface area contributed by atoms with Crippen LogP contribution in [0, 0.1) is 18.7 Å². The summed E-state index contributed by atoms with van der Waals surface area (Å²) in [5.41, 5.74) is 2.38. The maximum Gasteiger partial charge on any atom is 0.157 e. The van der Waals surface area contributed by atoms with Crippen LogP contribution >= 0.6 is 0 Å². The summed E-state index contributed by atoms with van der Waals surface area (Å²) in [5, 5.41) is 17.5. The third-order valence-electron chi connectivity index (χ3n) is 5.50. The highest BCUT2D eigenvalue weighted by Crippen LogP contribution is 2.40. The van der Waals surface area contributed by atoms with Crippen molar-refractivity contribution in [1.82, 2.24) is 19.5 Å². The predicted octanol–water partition coefficient (Wildman–Crippen LogP) is 2.64. The maximum atomic E-state index is 14.5. The molecule has 0 radical (unpaired) electrons. The lowest BCUT2D eigenvalue weighted by Gasteiger charge is -2.28. The van der Waals surface area contributed by atoms with Crippen molar-refractivity contribution in [1.29, 1.82) is 0 Å². The number of nitrogens with one attached hydrogen (secondary N) is 1. The molecular formula is C20H24FN5O. The third kappa shape index (κ3) is 3.28. The Bertz CT molecular complexity index is 943. The number of halogens is 1. The number of anilines is 1. The van der Waals surface area contributed by atoms with E-state index in [2.05, 4.69) is 20.3 Å². The molecule has 1 aliphatic heterocycles. The molecule has 3 aromatic rings. The fourth-order valence-electron chi connectivity index (χ4n) is 4.19. The number of benzene rings is 1. The Morgan fingerprint density at radius 1 is 1.30 bits per heavy atom. The van der Waals surface area contributed by atoms with Gasteiger partial charge in [0.1, 0.15) is 11.6 Å². The molecule has 27 heavy (non-hydrogen) atoms. The van der Waals surface area contributed by atoms with Gasteiger partial charge in [-0.15, -0.1) is 0 Å². The standard InChI is InChI=1S/C20H24FN5O/c1-13-9-19(26-18(24-13)7-8-23-26)22-11-14-10-15(12-27)25(2)20(14)16-5-3-4-6-17(16)21/h3-9,14-15,20,22,27H,10-12H2,1-2H3/t14-,15+,20-/m1/s1. The largest absolute Gasteiger partial charge is 0.395 e. The normalized spacial score (nSPS) is 23.2. The van der Waals surface area contributed by atoms with E-state index in [9.17, 15) is 9.50 Å². The van der Waals surface area contributed by atoms with Crippen LogP contribution in [0.2, 0.25) is 0 Å². The lowest BCUT2D eigenvalue weighted by Crippen LogP contribution is -2.31. The van der Waals surface area contributed by atoms with Crippen LogP contribution in [0.5, 0.6) is 0 Å². The fraction of sp³-hybridized carbons (Fsp3) is 0.400. The predicted molar refractivity (Wildman–Crippen MR) is 102 cm³/mol. The second kappa shape index (κ2) is 7.25. The van der Waals surface area contributed by atoms with Gasteiger partial charge in [0, 0.05) is 42.0 Å². The highest BCUT2D eigenvalue weighted by atomic mass is 19.1. The Kier molecular flexibility index (Phi) is 4.80. The number of nitrogens with zero attached hydrogens (tertiary/aromatic N) is 4. The lowest BCUT2D eigenvalue weighted by atomic mass is 9.92. The van der Waals surface area contributed by atoms with E-state index in [4.69, 9.17) is 0 Å². The Morgan fingerprint density at radius 3 is 2.89 bits per heavy atom. The third-order valence-corrected chi connectivity index (χ3v) is 5.50. The maximum absolute atomic E-state index is 14.5. The first-order valence-corrected chi connectivity index (χ1v) is 9.21. The van der Waals surface area contributed by atoms with E-state index >= 15 is 0 Å². The van der Waals surface area contributed by atoms with Gasteiger partial charge in [0.2, 0.25) is 0 Å². The molecule has 4 rings (SSSR count). The van der Waals surface area contributed by atoms with E-state index in [-0.39, 0.29) is 30.4 Å². The summed E-state index contributed by atoms with van der Waals surface area (Å²) in [6.07, 6.45) is 2.52. The first-order chi connectivity index (χ1) is 13.1. The van der Waals surface area contributed by atoms with Crippen LogP contribution in [0.3, 0.4) is 0 Å². The second-order valence-corrected chi connectivity index (χ2v) is 7.23. The molecule has 0 bridgehead atoms. The molecule has 1 fully saturated rings. The molecule has 1 aliphatic rings. The van der Waals surface area contributed by atoms with E-state index in [0.29, 0.717) is 12.1 Å². The van der Waals surface area contributed by atoms with Gasteiger partial charge in [0.15, 0.2) is 5.65 Å². The Morgan fingerprint density at radius 2 is 2.11 bits per heavy atom. The van der Waals surface area contributed by atoms with Crippen LogP contribution in [0.15, 0.2) is 42.6 Å². The monoisotopic (exact) mass is 369 g/mol. The first kappa shape index (κ1) is 17.9. The zero-order chi connectivity index (χ0) is 19.0.